The van der Waals surface area contributed by atoms with E-state index in [2.05, 4.69) is 0 Å². The molecule has 0 radical (unpaired) electrons. The second-order valence-corrected chi connectivity index (χ2v) is 9.32. The average molecular weight is 583 g/mol. The van der Waals surface area contributed by atoms with Crippen molar-refractivity contribution in [2.24, 2.45) is 0 Å². The Labute approximate surface area is 226 Å². The summed E-state index contributed by atoms with van der Waals surface area (Å²) in [7, 11) is 1.26. The van der Waals surface area contributed by atoms with Crippen LogP contribution in [0.4, 0.5) is 28.0 Å². The fraction of sp³-hybridized carbons (Fsp3) is 0.120. The molecule has 4 rings (SSSR count). The van der Waals surface area contributed by atoms with Crippen LogP contribution in [0.3, 0.4) is 0 Å². The fourth-order valence-corrected chi connectivity index (χ4v) is 4.59. The van der Waals surface area contributed by atoms with Crippen LogP contribution in [0.5, 0.6) is 17.2 Å². The number of hydrogen-bond donors (Lipinski definition) is 0. The molecule has 3 aromatic rings. The smallest absolute Gasteiger partial charge is 0.416 e. The van der Waals surface area contributed by atoms with Crippen LogP contribution >= 0.6 is 23.4 Å². The zero-order valence-corrected chi connectivity index (χ0v) is 21.2. The van der Waals surface area contributed by atoms with Crippen LogP contribution in [0.15, 0.2) is 59.5 Å². The number of thioether (sulfide) groups is 1. The number of amides is 2. The molecule has 39 heavy (non-hydrogen) atoms. The van der Waals surface area contributed by atoms with Crippen molar-refractivity contribution >= 4 is 46.3 Å². The third-order valence-corrected chi connectivity index (χ3v) is 6.70. The summed E-state index contributed by atoms with van der Waals surface area (Å²) < 4.78 is 63.8. The number of carbonyl (C=O) groups is 2. The molecule has 0 unspecified atom stereocenters. The monoisotopic (exact) mass is 582 g/mol. The highest BCUT2D eigenvalue weighted by molar-refractivity contribution is 8.18. The zero-order chi connectivity index (χ0) is 28.5. The molecule has 0 aromatic heterocycles. The van der Waals surface area contributed by atoms with E-state index >= 15 is 0 Å². The van der Waals surface area contributed by atoms with Crippen LogP contribution < -0.4 is 9.47 Å². The van der Waals surface area contributed by atoms with E-state index in [4.69, 9.17) is 21.1 Å². The first-order chi connectivity index (χ1) is 18.4. The first-order valence-electron chi connectivity index (χ1n) is 10.8. The Hall–Kier alpha value is -4.10. The van der Waals surface area contributed by atoms with E-state index in [0.29, 0.717) is 29.5 Å². The van der Waals surface area contributed by atoms with Gasteiger partial charge in [0.1, 0.15) is 5.82 Å². The predicted molar refractivity (Wildman–Crippen MR) is 134 cm³/mol. The molecule has 0 bridgehead atoms. The van der Waals surface area contributed by atoms with Crippen LogP contribution in [0.25, 0.3) is 6.08 Å². The molecule has 14 heteroatoms. The van der Waals surface area contributed by atoms with E-state index in [-0.39, 0.29) is 33.5 Å². The SMILES string of the molecule is COc1cc(/C=C2\SC(=O)N(Cc3c(F)cccc3Cl)C2=O)ccc1Oc1ccc(C(F)(F)F)cc1[N+](=O)[O-]. The molecule has 1 fully saturated rings. The van der Waals surface area contributed by atoms with Crippen molar-refractivity contribution in [2.45, 2.75) is 12.7 Å². The van der Waals surface area contributed by atoms with Gasteiger partial charge in [-0.1, -0.05) is 23.7 Å². The van der Waals surface area contributed by atoms with Gasteiger partial charge in [0.05, 0.1) is 29.0 Å². The van der Waals surface area contributed by atoms with Gasteiger partial charge >= 0.3 is 11.9 Å². The summed E-state index contributed by atoms with van der Waals surface area (Å²) in [6.45, 7) is -0.366. The molecule has 3 aromatic carbocycles. The van der Waals surface area contributed by atoms with Gasteiger partial charge in [-0.2, -0.15) is 13.2 Å². The maximum Gasteiger partial charge on any atom is 0.416 e. The first kappa shape index (κ1) is 27.9. The molecule has 8 nitrogen and oxygen atoms in total. The van der Waals surface area contributed by atoms with Crippen molar-refractivity contribution in [3.8, 4) is 17.2 Å². The van der Waals surface area contributed by atoms with Gasteiger partial charge in [0, 0.05) is 16.7 Å². The van der Waals surface area contributed by atoms with Crippen molar-refractivity contribution in [1.29, 1.82) is 0 Å². The summed E-state index contributed by atoms with van der Waals surface area (Å²) in [4.78, 5) is 36.5. The first-order valence-corrected chi connectivity index (χ1v) is 12.0. The van der Waals surface area contributed by atoms with E-state index in [9.17, 15) is 37.3 Å². The average Bonchev–Trinajstić information content (AvgIpc) is 3.13. The molecular formula is C25H15ClF4N2O6S. The Balaban J connectivity index is 1.59. The topological polar surface area (TPSA) is 99.0 Å². The highest BCUT2D eigenvalue weighted by Gasteiger charge is 2.36. The zero-order valence-electron chi connectivity index (χ0n) is 19.6. The van der Waals surface area contributed by atoms with Gasteiger partial charge in [0.15, 0.2) is 11.5 Å². The highest BCUT2D eigenvalue weighted by Crippen LogP contribution is 2.41. The van der Waals surface area contributed by atoms with Crippen molar-refractivity contribution in [3.05, 3.63) is 97.1 Å². The van der Waals surface area contributed by atoms with E-state index in [1.807, 2.05) is 0 Å². The molecule has 0 atom stereocenters. The molecule has 0 aliphatic carbocycles. The van der Waals surface area contributed by atoms with E-state index in [0.717, 1.165) is 17.0 Å². The lowest BCUT2D eigenvalue weighted by Gasteiger charge is -2.14. The maximum atomic E-state index is 14.2. The van der Waals surface area contributed by atoms with Gasteiger partial charge < -0.3 is 9.47 Å². The Morgan fingerprint density at radius 2 is 1.79 bits per heavy atom. The number of carbonyl (C=O) groups excluding carboxylic acids is 2. The molecule has 1 saturated heterocycles. The van der Waals surface area contributed by atoms with Gasteiger partial charge in [-0.05, 0) is 59.8 Å². The summed E-state index contributed by atoms with van der Waals surface area (Å²) in [5.74, 6) is -1.81. The molecule has 202 valence electrons. The van der Waals surface area contributed by atoms with Crippen LogP contribution in [0.2, 0.25) is 5.02 Å². The third kappa shape index (κ3) is 5.99. The Morgan fingerprint density at radius 3 is 2.44 bits per heavy atom. The number of nitro groups is 1. The van der Waals surface area contributed by atoms with Crippen LogP contribution in [0, 0.1) is 15.9 Å². The van der Waals surface area contributed by atoms with Crippen molar-refractivity contribution in [1.82, 2.24) is 4.90 Å². The largest absolute Gasteiger partial charge is 0.493 e. The number of halogens is 5. The summed E-state index contributed by atoms with van der Waals surface area (Å²) >= 11 is 6.64. The number of ether oxygens (including phenoxy) is 2. The number of alkyl halides is 3. The Morgan fingerprint density at radius 1 is 1.08 bits per heavy atom. The molecule has 1 aliphatic rings. The number of rotatable bonds is 7. The van der Waals surface area contributed by atoms with E-state index in [1.54, 1.807) is 0 Å². The second-order valence-electron chi connectivity index (χ2n) is 7.92. The molecule has 0 N–H and O–H groups in total. The summed E-state index contributed by atoms with van der Waals surface area (Å²) in [6, 6.07) is 9.99. The molecule has 0 saturated carbocycles. The number of nitro benzene ring substituents is 1. The van der Waals surface area contributed by atoms with Gasteiger partial charge in [0.2, 0.25) is 5.75 Å². The lowest BCUT2D eigenvalue weighted by molar-refractivity contribution is -0.385. The fourth-order valence-electron chi connectivity index (χ4n) is 3.53. The summed E-state index contributed by atoms with van der Waals surface area (Å²) in [5, 5.41) is 10.8. The van der Waals surface area contributed by atoms with E-state index < -0.39 is 45.1 Å². The number of hydrogen-bond acceptors (Lipinski definition) is 7. The lowest BCUT2D eigenvalue weighted by Crippen LogP contribution is -2.28. The Kier molecular flexibility index (Phi) is 7.84. The van der Waals surface area contributed by atoms with Crippen LogP contribution in [0.1, 0.15) is 16.7 Å². The summed E-state index contributed by atoms with van der Waals surface area (Å²) in [6.07, 6.45) is -3.41. The normalized spacial score (nSPS) is 14.7. The van der Waals surface area contributed by atoms with Gasteiger partial charge in [-0.25, -0.2) is 4.39 Å². The highest BCUT2D eigenvalue weighted by atomic mass is 35.5. The van der Waals surface area contributed by atoms with Crippen molar-refractivity contribution in [2.75, 3.05) is 7.11 Å². The summed E-state index contributed by atoms with van der Waals surface area (Å²) in [5.41, 5.74) is -1.76. The van der Waals surface area contributed by atoms with Gasteiger partial charge in [-0.15, -0.1) is 0 Å². The van der Waals surface area contributed by atoms with Gasteiger partial charge in [-0.3, -0.25) is 24.6 Å². The maximum absolute atomic E-state index is 14.2. The lowest BCUT2D eigenvalue weighted by atomic mass is 10.1. The molecular weight excluding hydrogens is 568 g/mol. The minimum atomic E-state index is -4.79. The van der Waals surface area contributed by atoms with Crippen molar-refractivity contribution < 1.29 is 41.5 Å². The van der Waals surface area contributed by atoms with Gasteiger partial charge in [0.25, 0.3) is 11.1 Å². The number of imide groups is 1. The molecule has 1 aliphatic heterocycles. The molecule has 2 amide bonds. The van der Waals surface area contributed by atoms with E-state index in [1.165, 1.54) is 43.5 Å². The standard InChI is InChI=1S/C25H15ClF4N2O6S/c1-37-21-9-13(5-7-20(21)38-19-8-6-14(25(28,29)30)11-18(19)32(35)36)10-22-23(33)31(24(34)39-22)12-15-16(26)3-2-4-17(15)27/h2-11H,12H2,1H3/b22-10-. The number of benzene rings is 3. The minimum absolute atomic E-state index is 0.0109. The number of nitrogens with zero attached hydrogens (tertiary/aromatic N) is 2. The molecule has 0 spiro atoms. The quantitative estimate of drug-likeness (QED) is 0.123. The van der Waals surface area contributed by atoms with Crippen LogP contribution in [-0.2, 0) is 17.5 Å². The predicted octanol–water partition coefficient (Wildman–Crippen LogP) is 7.44. The third-order valence-electron chi connectivity index (χ3n) is 5.44. The van der Waals surface area contributed by atoms with Crippen LogP contribution in [-0.4, -0.2) is 28.1 Å². The Bertz CT molecular complexity index is 1510. The number of methoxy groups -OCH3 is 1. The minimum Gasteiger partial charge on any atom is -0.493 e. The second kappa shape index (κ2) is 10.9. The molecule has 1 heterocycles. The van der Waals surface area contributed by atoms with Crippen molar-refractivity contribution in [3.63, 3.8) is 0 Å².